The molecule has 0 fully saturated rings. The quantitative estimate of drug-likeness (QED) is 0.686. The summed E-state index contributed by atoms with van der Waals surface area (Å²) in [6.07, 6.45) is 7.86. The minimum atomic E-state index is -0.238. The summed E-state index contributed by atoms with van der Waals surface area (Å²) in [5.74, 6) is 0. The molecule has 3 rings (SSSR count). The molecule has 0 aliphatic heterocycles. The number of amides is 2. The predicted octanol–water partition coefficient (Wildman–Crippen LogP) is 2.28. The van der Waals surface area contributed by atoms with Gasteiger partial charge in [-0.3, -0.25) is 4.68 Å². The van der Waals surface area contributed by atoms with E-state index < -0.39 is 0 Å². The third-order valence-electron chi connectivity index (χ3n) is 3.27. The van der Waals surface area contributed by atoms with E-state index in [4.69, 9.17) is 0 Å². The molecular formula is C16H18N6O. The highest BCUT2D eigenvalue weighted by molar-refractivity contribution is 5.88. The van der Waals surface area contributed by atoms with Crippen LogP contribution in [0.3, 0.4) is 0 Å². The summed E-state index contributed by atoms with van der Waals surface area (Å²) < 4.78 is 3.55. The number of aryl methyl sites for hydroxylation is 1. The molecule has 0 aliphatic rings. The maximum absolute atomic E-state index is 11.8. The molecule has 2 aromatic heterocycles. The van der Waals surface area contributed by atoms with Crippen LogP contribution in [-0.4, -0.2) is 32.1 Å². The lowest BCUT2D eigenvalue weighted by Crippen LogP contribution is -2.29. The fraction of sp³-hybridized carbons (Fsp3) is 0.188. The molecule has 0 saturated carbocycles. The molecule has 0 radical (unpaired) electrons. The first-order chi connectivity index (χ1) is 11.3. The van der Waals surface area contributed by atoms with Gasteiger partial charge in [-0.15, -0.1) is 0 Å². The highest BCUT2D eigenvalue weighted by Gasteiger charge is 2.04. The van der Waals surface area contributed by atoms with E-state index in [1.807, 2.05) is 47.3 Å². The number of hydrogen-bond acceptors (Lipinski definition) is 3. The first-order valence-electron chi connectivity index (χ1n) is 7.44. The molecular weight excluding hydrogens is 292 g/mol. The molecule has 0 spiro atoms. The van der Waals surface area contributed by atoms with Crippen LogP contribution in [0.4, 0.5) is 10.5 Å². The topological polar surface area (TPSA) is 76.8 Å². The summed E-state index contributed by atoms with van der Waals surface area (Å²) in [6.45, 7) is 1.36. The number of urea groups is 1. The van der Waals surface area contributed by atoms with E-state index in [2.05, 4.69) is 20.8 Å². The van der Waals surface area contributed by atoms with Crippen LogP contribution >= 0.6 is 0 Å². The molecule has 7 heteroatoms. The fourth-order valence-electron chi connectivity index (χ4n) is 2.16. The standard InChI is InChI=1S/C16H18N6O/c23-16(17-8-4-10-21-11-5-9-18-21)20-14-12-19-22(13-14)15-6-2-1-3-7-15/h1-3,5-7,9,11-13H,4,8,10H2,(H2,17,20,23). The Balaban J connectivity index is 1.44. The van der Waals surface area contributed by atoms with Gasteiger partial charge in [-0.25, -0.2) is 9.48 Å². The largest absolute Gasteiger partial charge is 0.338 e. The average Bonchev–Trinajstić information content (AvgIpc) is 3.24. The molecule has 3 aromatic rings. The van der Waals surface area contributed by atoms with E-state index in [9.17, 15) is 4.79 Å². The number of nitrogens with one attached hydrogen (secondary N) is 2. The van der Waals surface area contributed by atoms with Crippen molar-refractivity contribution in [2.75, 3.05) is 11.9 Å². The predicted molar refractivity (Wildman–Crippen MR) is 87.4 cm³/mol. The molecule has 2 heterocycles. The Kier molecular flexibility index (Phi) is 4.68. The van der Waals surface area contributed by atoms with Crippen molar-refractivity contribution in [3.8, 4) is 5.69 Å². The van der Waals surface area contributed by atoms with Crippen molar-refractivity contribution >= 4 is 11.7 Å². The highest BCUT2D eigenvalue weighted by Crippen LogP contribution is 2.10. The summed E-state index contributed by atoms with van der Waals surface area (Å²) in [7, 11) is 0. The van der Waals surface area contributed by atoms with Crippen molar-refractivity contribution in [1.29, 1.82) is 0 Å². The summed E-state index contributed by atoms with van der Waals surface area (Å²) in [5, 5.41) is 13.9. The van der Waals surface area contributed by atoms with Crippen LogP contribution in [-0.2, 0) is 6.54 Å². The van der Waals surface area contributed by atoms with Crippen molar-refractivity contribution in [2.45, 2.75) is 13.0 Å². The second-order valence-electron chi connectivity index (χ2n) is 5.01. The first-order valence-corrected chi connectivity index (χ1v) is 7.44. The van der Waals surface area contributed by atoms with E-state index in [1.165, 1.54) is 0 Å². The third-order valence-corrected chi connectivity index (χ3v) is 3.27. The molecule has 118 valence electrons. The number of nitrogens with zero attached hydrogens (tertiary/aromatic N) is 4. The molecule has 7 nitrogen and oxygen atoms in total. The molecule has 2 N–H and O–H groups in total. The minimum Gasteiger partial charge on any atom is -0.338 e. The summed E-state index contributed by atoms with van der Waals surface area (Å²) in [5.41, 5.74) is 1.60. The Hall–Kier alpha value is -3.09. The molecule has 0 bridgehead atoms. The van der Waals surface area contributed by atoms with Gasteiger partial charge >= 0.3 is 6.03 Å². The number of carbonyl (C=O) groups is 1. The average molecular weight is 310 g/mol. The summed E-state index contributed by atoms with van der Waals surface area (Å²) in [6, 6.07) is 11.4. The van der Waals surface area contributed by atoms with E-state index in [0.717, 1.165) is 18.7 Å². The van der Waals surface area contributed by atoms with Crippen LogP contribution in [0.15, 0.2) is 61.2 Å². The van der Waals surface area contributed by atoms with Crippen molar-refractivity contribution in [2.24, 2.45) is 0 Å². The van der Waals surface area contributed by atoms with Crippen LogP contribution in [0.5, 0.6) is 0 Å². The lowest BCUT2D eigenvalue weighted by Gasteiger charge is -2.06. The zero-order chi connectivity index (χ0) is 15.9. The Morgan fingerprint density at radius 1 is 1.13 bits per heavy atom. The van der Waals surface area contributed by atoms with Crippen molar-refractivity contribution in [3.05, 3.63) is 61.2 Å². The SMILES string of the molecule is O=C(NCCCn1cccn1)Nc1cnn(-c2ccccc2)c1. The van der Waals surface area contributed by atoms with Crippen molar-refractivity contribution < 1.29 is 4.79 Å². The minimum absolute atomic E-state index is 0.238. The van der Waals surface area contributed by atoms with Gasteiger partial charge in [0.25, 0.3) is 0 Å². The maximum atomic E-state index is 11.8. The van der Waals surface area contributed by atoms with E-state index in [-0.39, 0.29) is 6.03 Å². The van der Waals surface area contributed by atoms with Gasteiger partial charge in [0.15, 0.2) is 0 Å². The third kappa shape index (κ3) is 4.19. The van der Waals surface area contributed by atoms with Crippen LogP contribution in [0.25, 0.3) is 5.69 Å². The first kappa shape index (κ1) is 14.8. The molecule has 0 unspecified atom stereocenters. The number of hydrogen-bond donors (Lipinski definition) is 2. The number of benzene rings is 1. The number of rotatable bonds is 6. The summed E-state index contributed by atoms with van der Waals surface area (Å²) >= 11 is 0. The molecule has 2 amide bonds. The second kappa shape index (κ2) is 7.26. The van der Waals surface area contributed by atoms with Crippen molar-refractivity contribution in [3.63, 3.8) is 0 Å². The molecule has 0 aliphatic carbocycles. The normalized spacial score (nSPS) is 10.4. The monoisotopic (exact) mass is 310 g/mol. The van der Waals surface area contributed by atoms with Crippen LogP contribution < -0.4 is 10.6 Å². The van der Waals surface area contributed by atoms with Gasteiger partial charge < -0.3 is 10.6 Å². The van der Waals surface area contributed by atoms with Crippen LogP contribution in [0.1, 0.15) is 6.42 Å². The second-order valence-corrected chi connectivity index (χ2v) is 5.01. The molecule has 0 atom stereocenters. The zero-order valence-corrected chi connectivity index (χ0v) is 12.6. The Bertz CT molecular complexity index is 735. The van der Waals surface area contributed by atoms with Crippen molar-refractivity contribution in [1.82, 2.24) is 24.9 Å². The van der Waals surface area contributed by atoms with Gasteiger partial charge in [0.2, 0.25) is 0 Å². The van der Waals surface area contributed by atoms with Gasteiger partial charge in [-0.05, 0) is 24.6 Å². The van der Waals surface area contributed by atoms with E-state index in [0.29, 0.717) is 12.2 Å². The molecule has 1 aromatic carbocycles. The van der Waals surface area contributed by atoms with Gasteiger partial charge in [0.05, 0.1) is 23.8 Å². The number of carbonyl (C=O) groups excluding carboxylic acids is 1. The zero-order valence-electron chi connectivity index (χ0n) is 12.6. The van der Waals surface area contributed by atoms with E-state index in [1.54, 1.807) is 23.3 Å². The van der Waals surface area contributed by atoms with Gasteiger partial charge in [-0.2, -0.15) is 10.2 Å². The lowest BCUT2D eigenvalue weighted by atomic mass is 10.3. The van der Waals surface area contributed by atoms with Gasteiger partial charge in [0, 0.05) is 25.5 Å². The Morgan fingerprint density at radius 2 is 2.00 bits per heavy atom. The fourth-order valence-corrected chi connectivity index (χ4v) is 2.16. The Labute approximate surface area is 133 Å². The van der Waals surface area contributed by atoms with E-state index >= 15 is 0 Å². The number of para-hydroxylation sites is 1. The molecule has 23 heavy (non-hydrogen) atoms. The highest BCUT2D eigenvalue weighted by atomic mass is 16.2. The Morgan fingerprint density at radius 3 is 2.78 bits per heavy atom. The van der Waals surface area contributed by atoms with Gasteiger partial charge in [0.1, 0.15) is 0 Å². The number of aromatic nitrogens is 4. The van der Waals surface area contributed by atoms with Gasteiger partial charge in [-0.1, -0.05) is 18.2 Å². The summed E-state index contributed by atoms with van der Waals surface area (Å²) in [4.78, 5) is 11.8. The maximum Gasteiger partial charge on any atom is 0.319 e. The molecule has 0 saturated heterocycles. The van der Waals surface area contributed by atoms with Crippen LogP contribution in [0, 0.1) is 0 Å². The number of anilines is 1. The smallest absolute Gasteiger partial charge is 0.319 e. The lowest BCUT2D eigenvalue weighted by molar-refractivity contribution is 0.251. The van der Waals surface area contributed by atoms with Crippen LogP contribution in [0.2, 0.25) is 0 Å².